The molecule has 186 valence electrons. The van der Waals surface area contributed by atoms with Crippen LogP contribution in [0.5, 0.6) is 0 Å². The van der Waals surface area contributed by atoms with Crippen molar-refractivity contribution in [2.75, 3.05) is 13.2 Å². The van der Waals surface area contributed by atoms with Gasteiger partial charge in [0.05, 0.1) is 17.9 Å². The minimum atomic E-state index is -0.634. The monoisotopic (exact) mass is 478 g/mol. The Balaban J connectivity index is 1.94. The molecule has 0 bridgehead atoms. The van der Waals surface area contributed by atoms with Crippen molar-refractivity contribution in [1.82, 2.24) is 20.7 Å². The second kappa shape index (κ2) is 12.5. The molecule has 0 radical (unpaired) electrons. The average molecular weight is 479 g/mol. The number of nitrogens with one attached hydrogen (secondary N) is 1. The van der Waals surface area contributed by atoms with E-state index in [2.05, 4.69) is 51.3 Å². The highest BCUT2D eigenvalue weighted by Gasteiger charge is 2.42. The summed E-state index contributed by atoms with van der Waals surface area (Å²) in [6, 6.07) is 22.1. The Morgan fingerprint density at radius 3 is 2.03 bits per heavy atom. The van der Waals surface area contributed by atoms with Crippen molar-refractivity contribution in [1.29, 1.82) is 0 Å². The van der Waals surface area contributed by atoms with Crippen LogP contribution in [0.1, 0.15) is 48.1 Å². The van der Waals surface area contributed by atoms with Crippen molar-refractivity contribution >= 4 is 5.91 Å². The number of carbonyl (C=O) groups is 1. The van der Waals surface area contributed by atoms with Crippen molar-refractivity contribution in [2.45, 2.75) is 45.4 Å². The van der Waals surface area contributed by atoms with Crippen LogP contribution in [-0.2, 0) is 21.5 Å². The Labute approximate surface area is 206 Å². The van der Waals surface area contributed by atoms with Crippen molar-refractivity contribution in [3.8, 4) is 0 Å². The van der Waals surface area contributed by atoms with E-state index in [4.69, 9.17) is 10.4 Å². The van der Waals surface area contributed by atoms with Gasteiger partial charge in [0, 0.05) is 29.8 Å². The molecule has 1 unspecified atom stereocenters. The molecule has 3 aromatic rings. The van der Waals surface area contributed by atoms with E-state index < -0.39 is 11.3 Å². The number of nitrogens with zero attached hydrogens (tertiary/aromatic N) is 3. The van der Waals surface area contributed by atoms with Gasteiger partial charge in [-0.25, -0.2) is 9.97 Å². The van der Waals surface area contributed by atoms with Crippen LogP contribution in [0.15, 0.2) is 66.7 Å². The van der Waals surface area contributed by atoms with Gasteiger partial charge in [0.25, 0.3) is 0 Å². The van der Waals surface area contributed by atoms with Crippen LogP contribution < -0.4 is 5.32 Å². The zero-order chi connectivity index (χ0) is 25.3. The van der Waals surface area contributed by atoms with Crippen LogP contribution in [0.2, 0.25) is 0 Å². The molecule has 3 N–H and O–H groups in total. The Hall–Kier alpha value is -3.17. The van der Waals surface area contributed by atoms with Gasteiger partial charge in [-0.15, -0.1) is 0 Å². The molecule has 0 aliphatic heterocycles. The molecule has 1 heterocycles. The van der Waals surface area contributed by atoms with Gasteiger partial charge in [-0.05, 0) is 43.9 Å². The van der Waals surface area contributed by atoms with E-state index in [0.717, 1.165) is 22.5 Å². The summed E-state index contributed by atoms with van der Waals surface area (Å²) in [5.41, 5.74) is 3.18. The van der Waals surface area contributed by atoms with E-state index in [-0.39, 0.29) is 17.9 Å². The van der Waals surface area contributed by atoms with Crippen LogP contribution in [0, 0.1) is 19.8 Å². The highest BCUT2D eigenvalue weighted by molar-refractivity contribution is 5.81. The summed E-state index contributed by atoms with van der Waals surface area (Å²) in [7, 11) is 0. The van der Waals surface area contributed by atoms with E-state index in [1.165, 1.54) is 0 Å². The fourth-order valence-electron chi connectivity index (χ4n) is 4.48. The van der Waals surface area contributed by atoms with E-state index in [1.54, 1.807) is 0 Å². The van der Waals surface area contributed by atoms with E-state index >= 15 is 0 Å². The van der Waals surface area contributed by atoms with E-state index in [1.807, 2.05) is 56.3 Å². The first-order chi connectivity index (χ1) is 16.8. The Morgan fingerprint density at radius 1 is 0.971 bits per heavy atom. The number of unbranched alkanes of at least 4 members (excludes halogenated alkanes) is 1. The van der Waals surface area contributed by atoms with Gasteiger partial charge in [0.15, 0.2) is 0 Å². The minimum absolute atomic E-state index is 0.0881. The standard InChI is InChI=1S/C27H34N4O4/c1-20-18-21(2)30-25(29-20)19-24(26(32)28-16-10-11-17-35-31(33)34)27(3,22-12-6-4-7-13-22)23-14-8-5-9-15-23/h4-9,12-15,18,24,33-34H,10-11,16-17,19H2,1-3H3,(H,28,32). The van der Waals surface area contributed by atoms with Crippen LogP contribution in [0.4, 0.5) is 0 Å². The van der Waals surface area contributed by atoms with Gasteiger partial charge in [-0.1, -0.05) is 67.6 Å². The zero-order valence-corrected chi connectivity index (χ0v) is 20.5. The maximum absolute atomic E-state index is 13.8. The number of hydrogen-bond acceptors (Lipinski definition) is 7. The maximum Gasteiger partial charge on any atom is 0.224 e. The van der Waals surface area contributed by atoms with Crippen molar-refractivity contribution in [2.24, 2.45) is 5.92 Å². The first kappa shape index (κ1) is 26.4. The molecule has 0 fully saturated rings. The highest BCUT2D eigenvalue weighted by atomic mass is 17.1. The van der Waals surface area contributed by atoms with Crippen LogP contribution >= 0.6 is 0 Å². The summed E-state index contributed by atoms with van der Waals surface area (Å²) < 4.78 is 0. The Bertz CT molecular complexity index is 1020. The molecule has 35 heavy (non-hydrogen) atoms. The SMILES string of the molecule is Cc1cc(C)nc(CC(C(=O)NCCCCON(O)O)C(C)(c2ccccc2)c2ccccc2)n1. The molecule has 8 nitrogen and oxygen atoms in total. The number of hydrogen-bond donors (Lipinski definition) is 3. The lowest BCUT2D eigenvalue weighted by molar-refractivity contribution is -0.492. The summed E-state index contributed by atoms with van der Waals surface area (Å²) in [6.07, 6.45) is 1.55. The first-order valence-electron chi connectivity index (χ1n) is 11.8. The van der Waals surface area contributed by atoms with Gasteiger partial charge in [-0.2, -0.15) is 0 Å². The highest BCUT2D eigenvalue weighted by Crippen LogP contribution is 2.40. The van der Waals surface area contributed by atoms with E-state index in [9.17, 15) is 4.79 Å². The predicted molar refractivity (Wildman–Crippen MR) is 132 cm³/mol. The Morgan fingerprint density at radius 2 is 1.51 bits per heavy atom. The van der Waals surface area contributed by atoms with Crippen molar-refractivity contribution in [3.05, 3.63) is 95.1 Å². The second-order valence-corrected chi connectivity index (χ2v) is 8.84. The third-order valence-corrected chi connectivity index (χ3v) is 6.25. The number of amides is 1. The summed E-state index contributed by atoms with van der Waals surface area (Å²) in [4.78, 5) is 27.6. The predicted octanol–water partition coefficient (Wildman–Crippen LogP) is 4.17. The van der Waals surface area contributed by atoms with Crippen LogP contribution in [-0.4, -0.2) is 44.8 Å². The fraction of sp³-hybridized carbons (Fsp3) is 0.370. The molecular formula is C27H34N4O4. The van der Waals surface area contributed by atoms with Gasteiger partial charge in [0.2, 0.25) is 5.91 Å². The molecule has 0 aliphatic rings. The number of aryl methyl sites for hydroxylation is 2. The topological polar surface area (TPSA) is 108 Å². The minimum Gasteiger partial charge on any atom is -0.356 e. The van der Waals surface area contributed by atoms with Crippen LogP contribution in [0.25, 0.3) is 0 Å². The number of aromatic nitrogens is 2. The molecule has 0 aliphatic carbocycles. The molecule has 3 rings (SSSR count). The normalized spacial score (nSPS) is 12.5. The maximum atomic E-state index is 13.8. The van der Waals surface area contributed by atoms with Crippen LogP contribution in [0.3, 0.4) is 0 Å². The summed E-state index contributed by atoms with van der Waals surface area (Å²) in [6.45, 7) is 6.54. The molecule has 8 heteroatoms. The third-order valence-electron chi connectivity index (χ3n) is 6.25. The fourth-order valence-corrected chi connectivity index (χ4v) is 4.48. The molecule has 1 aromatic heterocycles. The largest absolute Gasteiger partial charge is 0.356 e. The Kier molecular flexibility index (Phi) is 9.45. The quantitative estimate of drug-likeness (QED) is 0.265. The van der Waals surface area contributed by atoms with Gasteiger partial charge in [-0.3, -0.25) is 20.0 Å². The van der Waals surface area contributed by atoms with Gasteiger partial charge < -0.3 is 5.32 Å². The number of benzene rings is 2. The van der Waals surface area contributed by atoms with E-state index in [0.29, 0.717) is 31.6 Å². The lowest BCUT2D eigenvalue weighted by Crippen LogP contribution is -2.45. The second-order valence-electron chi connectivity index (χ2n) is 8.84. The lowest BCUT2D eigenvalue weighted by atomic mass is 9.65. The number of carbonyl (C=O) groups excluding carboxylic acids is 1. The van der Waals surface area contributed by atoms with Crippen molar-refractivity contribution < 1.29 is 20.0 Å². The lowest BCUT2D eigenvalue weighted by Gasteiger charge is -2.38. The average Bonchev–Trinajstić information content (AvgIpc) is 2.84. The molecule has 1 atom stereocenters. The molecule has 0 saturated carbocycles. The molecule has 0 spiro atoms. The molecular weight excluding hydrogens is 444 g/mol. The molecule has 0 saturated heterocycles. The van der Waals surface area contributed by atoms with Gasteiger partial charge in [0.1, 0.15) is 5.82 Å². The van der Waals surface area contributed by atoms with Crippen molar-refractivity contribution in [3.63, 3.8) is 0 Å². The smallest absolute Gasteiger partial charge is 0.224 e. The van der Waals surface area contributed by atoms with Gasteiger partial charge >= 0.3 is 0 Å². The number of rotatable bonds is 12. The third kappa shape index (κ3) is 7.16. The molecule has 2 aromatic carbocycles. The summed E-state index contributed by atoms with van der Waals surface area (Å²) in [5, 5.41) is 20.1. The summed E-state index contributed by atoms with van der Waals surface area (Å²) >= 11 is 0. The first-order valence-corrected chi connectivity index (χ1v) is 11.8. The summed E-state index contributed by atoms with van der Waals surface area (Å²) in [5.74, 6) is 0.0741. The molecule has 1 amide bonds. The zero-order valence-electron chi connectivity index (χ0n) is 20.5.